The molecule has 0 spiro atoms. The van der Waals surface area contributed by atoms with E-state index in [-0.39, 0.29) is 0 Å². The van der Waals surface area contributed by atoms with E-state index in [0.717, 1.165) is 9.75 Å². The Bertz CT molecular complexity index is 728. The number of nitrogens with one attached hydrogen (secondary N) is 1. The zero-order valence-corrected chi connectivity index (χ0v) is 13.9. The predicted molar refractivity (Wildman–Crippen MR) is 84.1 cm³/mol. The summed E-state index contributed by atoms with van der Waals surface area (Å²) < 4.78 is 37.7. The molecule has 0 aliphatic heterocycles. The van der Waals surface area contributed by atoms with Gasteiger partial charge in [-0.25, -0.2) is 8.42 Å². The van der Waals surface area contributed by atoms with Crippen LogP contribution in [-0.4, -0.2) is 22.6 Å². The zero-order valence-electron chi connectivity index (χ0n) is 12.3. The van der Waals surface area contributed by atoms with E-state index in [4.69, 9.17) is 9.47 Å². The molecule has 21 heavy (non-hydrogen) atoms. The molecular formula is C14H17NO4S2. The van der Waals surface area contributed by atoms with E-state index in [0.29, 0.717) is 22.1 Å². The lowest BCUT2D eigenvalue weighted by molar-refractivity contribution is 0.395. The highest BCUT2D eigenvalue weighted by molar-refractivity contribution is 7.93. The van der Waals surface area contributed by atoms with Crippen LogP contribution in [-0.2, 0) is 10.0 Å². The molecule has 1 N–H and O–H groups in total. The number of benzene rings is 1. The molecule has 0 aliphatic rings. The van der Waals surface area contributed by atoms with Crippen LogP contribution in [0.25, 0.3) is 0 Å². The molecule has 0 atom stereocenters. The minimum absolute atomic E-state index is 0.298. The average molecular weight is 327 g/mol. The number of ether oxygens (including phenoxy) is 2. The topological polar surface area (TPSA) is 64.6 Å². The summed E-state index contributed by atoms with van der Waals surface area (Å²) in [5.41, 5.74) is 0.398. The zero-order chi connectivity index (χ0) is 15.6. The first-order chi connectivity index (χ1) is 9.85. The number of anilines is 1. The minimum Gasteiger partial charge on any atom is -0.497 e. The van der Waals surface area contributed by atoms with Crippen LogP contribution in [0.4, 0.5) is 5.69 Å². The minimum atomic E-state index is -3.62. The van der Waals surface area contributed by atoms with Crippen LogP contribution in [0.3, 0.4) is 0 Å². The molecule has 0 saturated heterocycles. The van der Waals surface area contributed by atoms with Crippen LogP contribution >= 0.6 is 11.3 Å². The van der Waals surface area contributed by atoms with Crippen LogP contribution < -0.4 is 14.2 Å². The Balaban J connectivity index is 2.39. The lowest BCUT2D eigenvalue weighted by Gasteiger charge is -2.11. The summed E-state index contributed by atoms with van der Waals surface area (Å²) in [7, 11) is -0.597. The molecule has 0 bridgehead atoms. The van der Waals surface area contributed by atoms with Crippen LogP contribution in [0, 0.1) is 13.8 Å². The average Bonchev–Trinajstić information content (AvgIpc) is 2.77. The molecule has 0 saturated carbocycles. The molecule has 1 aromatic heterocycles. The fraction of sp³-hybridized carbons (Fsp3) is 0.286. The highest BCUT2D eigenvalue weighted by Crippen LogP contribution is 2.30. The van der Waals surface area contributed by atoms with Gasteiger partial charge in [-0.1, -0.05) is 0 Å². The van der Waals surface area contributed by atoms with E-state index in [2.05, 4.69) is 4.72 Å². The normalized spacial score (nSPS) is 11.2. The van der Waals surface area contributed by atoms with Crippen LogP contribution in [0.1, 0.15) is 9.75 Å². The summed E-state index contributed by atoms with van der Waals surface area (Å²) in [6.07, 6.45) is 0. The molecule has 1 heterocycles. The summed E-state index contributed by atoms with van der Waals surface area (Å²) in [5, 5.41) is 0. The standard InChI is InChI=1S/C14H17NO4S2/c1-9-5-14(10(2)20-9)21(16,17)15-11-6-12(18-3)8-13(7-11)19-4/h5-8,15H,1-4H3. The highest BCUT2D eigenvalue weighted by atomic mass is 32.2. The van der Waals surface area contributed by atoms with Crippen LogP contribution in [0.2, 0.25) is 0 Å². The molecule has 0 aliphatic carbocycles. The molecule has 1 aromatic carbocycles. The van der Waals surface area contributed by atoms with Crippen molar-refractivity contribution in [3.63, 3.8) is 0 Å². The lowest BCUT2D eigenvalue weighted by atomic mass is 10.3. The van der Waals surface area contributed by atoms with E-state index in [1.807, 2.05) is 6.92 Å². The number of rotatable bonds is 5. The van der Waals surface area contributed by atoms with Gasteiger partial charge in [-0.15, -0.1) is 11.3 Å². The van der Waals surface area contributed by atoms with Crippen molar-refractivity contribution in [2.75, 3.05) is 18.9 Å². The molecule has 7 heteroatoms. The summed E-state index contributed by atoms with van der Waals surface area (Å²) in [6, 6.07) is 6.56. The number of sulfonamides is 1. The van der Waals surface area contributed by atoms with Gasteiger partial charge in [0.25, 0.3) is 10.0 Å². The van der Waals surface area contributed by atoms with Gasteiger partial charge >= 0.3 is 0 Å². The van der Waals surface area contributed by atoms with E-state index in [9.17, 15) is 8.42 Å². The van der Waals surface area contributed by atoms with Gasteiger partial charge in [0.05, 0.1) is 19.9 Å². The SMILES string of the molecule is COc1cc(NS(=O)(=O)c2cc(C)sc2C)cc(OC)c1. The van der Waals surface area contributed by atoms with Gasteiger partial charge < -0.3 is 9.47 Å². The van der Waals surface area contributed by atoms with Gasteiger partial charge in [0.1, 0.15) is 16.4 Å². The Labute approximate surface area is 128 Å². The maximum atomic E-state index is 12.4. The Kier molecular flexibility index (Phi) is 4.43. The van der Waals surface area contributed by atoms with Crippen LogP contribution in [0.5, 0.6) is 11.5 Å². The molecular weight excluding hydrogens is 310 g/mol. The predicted octanol–water partition coefficient (Wildman–Crippen LogP) is 3.18. The third-order valence-electron chi connectivity index (χ3n) is 2.89. The smallest absolute Gasteiger partial charge is 0.263 e. The van der Waals surface area contributed by atoms with Gasteiger partial charge in [-0.2, -0.15) is 0 Å². The van der Waals surface area contributed by atoms with Crippen molar-refractivity contribution >= 4 is 27.0 Å². The quantitative estimate of drug-likeness (QED) is 0.916. The Morgan fingerprint density at radius 3 is 2.00 bits per heavy atom. The molecule has 0 unspecified atom stereocenters. The highest BCUT2D eigenvalue weighted by Gasteiger charge is 2.19. The molecule has 0 amide bonds. The summed E-state index contributed by atoms with van der Waals surface area (Å²) in [6.45, 7) is 3.67. The van der Waals surface area contributed by atoms with Gasteiger partial charge in [0, 0.05) is 28.0 Å². The number of hydrogen-bond donors (Lipinski definition) is 1. The first-order valence-electron chi connectivity index (χ1n) is 6.18. The summed E-state index contributed by atoms with van der Waals surface area (Å²) >= 11 is 1.45. The number of aryl methyl sites for hydroxylation is 2. The monoisotopic (exact) mass is 327 g/mol. The molecule has 5 nitrogen and oxygen atoms in total. The number of methoxy groups -OCH3 is 2. The van der Waals surface area contributed by atoms with Crippen molar-refractivity contribution in [1.82, 2.24) is 0 Å². The molecule has 0 fully saturated rings. The third kappa shape index (κ3) is 3.48. The lowest BCUT2D eigenvalue weighted by Crippen LogP contribution is -2.13. The van der Waals surface area contributed by atoms with Crippen molar-refractivity contribution in [1.29, 1.82) is 0 Å². The number of thiophene rings is 1. The second-order valence-corrected chi connectivity index (χ2v) is 7.60. The first-order valence-corrected chi connectivity index (χ1v) is 8.48. The number of hydrogen-bond acceptors (Lipinski definition) is 5. The molecule has 2 rings (SSSR count). The van der Waals surface area contributed by atoms with Gasteiger partial charge in [0.15, 0.2) is 0 Å². The van der Waals surface area contributed by atoms with Crippen molar-refractivity contribution in [2.45, 2.75) is 18.7 Å². The van der Waals surface area contributed by atoms with Crippen molar-refractivity contribution in [3.8, 4) is 11.5 Å². The third-order valence-corrected chi connectivity index (χ3v) is 5.49. The summed E-state index contributed by atoms with van der Waals surface area (Å²) in [4.78, 5) is 2.01. The van der Waals surface area contributed by atoms with Crippen molar-refractivity contribution < 1.29 is 17.9 Å². The second kappa shape index (κ2) is 5.95. The van der Waals surface area contributed by atoms with Crippen molar-refractivity contribution in [2.24, 2.45) is 0 Å². The summed E-state index contributed by atoms with van der Waals surface area (Å²) in [5.74, 6) is 1.04. The maximum absolute atomic E-state index is 12.4. The fourth-order valence-corrected chi connectivity index (χ4v) is 4.55. The first kappa shape index (κ1) is 15.7. The molecule has 114 valence electrons. The van der Waals surface area contributed by atoms with Gasteiger partial charge in [-0.3, -0.25) is 4.72 Å². The Morgan fingerprint density at radius 2 is 1.57 bits per heavy atom. The molecule has 0 radical (unpaired) electrons. The van der Waals surface area contributed by atoms with Crippen molar-refractivity contribution in [3.05, 3.63) is 34.0 Å². The Morgan fingerprint density at radius 1 is 1.00 bits per heavy atom. The molecule has 2 aromatic rings. The fourth-order valence-electron chi connectivity index (χ4n) is 1.95. The Hall–Kier alpha value is -1.73. The maximum Gasteiger partial charge on any atom is 0.263 e. The van der Waals surface area contributed by atoms with Gasteiger partial charge in [-0.05, 0) is 19.9 Å². The largest absolute Gasteiger partial charge is 0.497 e. The van der Waals surface area contributed by atoms with E-state index in [1.54, 1.807) is 31.2 Å². The van der Waals surface area contributed by atoms with Gasteiger partial charge in [0.2, 0.25) is 0 Å². The van der Waals surface area contributed by atoms with E-state index >= 15 is 0 Å². The van der Waals surface area contributed by atoms with Crippen LogP contribution in [0.15, 0.2) is 29.2 Å². The van der Waals surface area contributed by atoms with E-state index in [1.165, 1.54) is 25.6 Å². The van der Waals surface area contributed by atoms with E-state index < -0.39 is 10.0 Å². The second-order valence-electron chi connectivity index (χ2n) is 4.48.